The number of rotatable bonds is 4. The van der Waals surface area contributed by atoms with Crippen LogP contribution in [0.2, 0.25) is 0 Å². The Labute approximate surface area is 188 Å². The van der Waals surface area contributed by atoms with Gasteiger partial charge in [-0.05, 0) is 31.4 Å². The topological polar surface area (TPSA) is 119 Å². The highest BCUT2D eigenvalue weighted by atomic mass is 32.2. The van der Waals surface area contributed by atoms with Gasteiger partial charge in [-0.3, -0.25) is 14.4 Å². The molecule has 0 spiro atoms. The minimum Gasteiger partial charge on any atom is -0.341 e. The molecule has 0 saturated carbocycles. The van der Waals surface area contributed by atoms with Crippen LogP contribution in [-0.2, 0) is 19.8 Å². The largest absolute Gasteiger partial charge is 0.341 e. The van der Waals surface area contributed by atoms with Crippen LogP contribution < -0.4 is 10.6 Å². The fourth-order valence-electron chi connectivity index (χ4n) is 4.39. The van der Waals surface area contributed by atoms with Crippen LogP contribution in [0.3, 0.4) is 0 Å². The normalized spacial score (nSPS) is 23.5. The minimum absolute atomic E-state index is 0.176. The Morgan fingerprint density at radius 2 is 1.59 bits per heavy atom. The van der Waals surface area contributed by atoms with Crippen LogP contribution in [0.15, 0.2) is 24.3 Å². The monoisotopic (exact) mass is 463 g/mol. The number of benzene rings is 1. The number of nitrogens with zero attached hydrogens (tertiary/aromatic N) is 3. The molecule has 1 unspecified atom stereocenters. The van der Waals surface area contributed by atoms with E-state index in [1.165, 1.54) is 8.61 Å². The zero-order chi connectivity index (χ0) is 22.7. The maximum atomic E-state index is 13.0. The number of anilines is 1. The smallest absolute Gasteiger partial charge is 0.282 e. The van der Waals surface area contributed by atoms with Gasteiger partial charge in [0.1, 0.15) is 6.04 Å². The summed E-state index contributed by atoms with van der Waals surface area (Å²) in [5, 5.41) is 5.34. The van der Waals surface area contributed by atoms with Gasteiger partial charge in [-0.1, -0.05) is 18.6 Å². The Kier molecular flexibility index (Phi) is 6.77. The number of carbonyl (C=O) groups is 3. The van der Waals surface area contributed by atoms with E-state index < -0.39 is 28.1 Å². The fraction of sp³-hybridized carbons (Fsp3) is 0.571. The summed E-state index contributed by atoms with van der Waals surface area (Å²) in [6.45, 7) is 2.33. The molecule has 11 heteroatoms. The lowest BCUT2D eigenvalue weighted by atomic mass is 10.1. The second-order valence-corrected chi connectivity index (χ2v) is 10.3. The molecule has 0 bridgehead atoms. The summed E-state index contributed by atoms with van der Waals surface area (Å²) >= 11 is 0. The molecule has 3 aliphatic rings. The van der Waals surface area contributed by atoms with E-state index in [9.17, 15) is 22.8 Å². The zero-order valence-corrected chi connectivity index (χ0v) is 18.8. The number of nitrogens with one attached hydrogen (secondary N) is 2. The van der Waals surface area contributed by atoms with Crippen molar-refractivity contribution in [2.75, 3.05) is 44.6 Å². The van der Waals surface area contributed by atoms with Gasteiger partial charge in [0.05, 0.1) is 17.7 Å². The van der Waals surface area contributed by atoms with Crippen molar-refractivity contribution in [1.82, 2.24) is 18.8 Å². The molecule has 3 heterocycles. The SMILES string of the molecule is O=C1NC(CC(=O)N2CCCN(S(=O)(=O)N3CCCCC3)CC2)C(=O)Nc2ccccc21. The molecule has 0 radical (unpaired) electrons. The molecule has 10 nitrogen and oxygen atoms in total. The molecule has 174 valence electrons. The van der Waals surface area contributed by atoms with Crippen LogP contribution in [0, 0.1) is 0 Å². The van der Waals surface area contributed by atoms with E-state index in [-0.39, 0.29) is 25.4 Å². The highest BCUT2D eigenvalue weighted by molar-refractivity contribution is 7.86. The van der Waals surface area contributed by atoms with Crippen LogP contribution in [-0.4, -0.2) is 85.0 Å². The summed E-state index contributed by atoms with van der Waals surface area (Å²) in [4.78, 5) is 39.6. The van der Waals surface area contributed by atoms with E-state index in [4.69, 9.17) is 0 Å². The Bertz CT molecular complexity index is 992. The van der Waals surface area contributed by atoms with Crippen molar-refractivity contribution >= 4 is 33.6 Å². The minimum atomic E-state index is -3.53. The molecule has 2 saturated heterocycles. The molecule has 3 amide bonds. The van der Waals surface area contributed by atoms with Crippen molar-refractivity contribution in [1.29, 1.82) is 0 Å². The Balaban J connectivity index is 1.37. The second kappa shape index (κ2) is 9.55. The lowest BCUT2D eigenvalue weighted by Crippen LogP contribution is -2.48. The molecule has 1 atom stereocenters. The fourth-order valence-corrected chi connectivity index (χ4v) is 6.11. The Hall–Kier alpha value is -2.50. The molecule has 32 heavy (non-hydrogen) atoms. The number of para-hydroxylation sites is 1. The van der Waals surface area contributed by atoms with E-state index in [0.29, 0.717) is 43.9 Å². The molecule has 1 aromatic carbocycles. The summed E-state index contributed by atoms with van der Waals surface area (Å²) in [5.74, 6) is -1.14. The third kappa shape index (κ3) is 4.79. The standard InChI is InChI=1S/C21H29N5O5S/c27-19(15-18-21(29)22-17-8-3-2-7-16(17)20(28)23-18)24-9-6-12-26(14-13-24)32(30,31)25-10-4-1-5-11-25/h2-3,7-8,18H,1,4-6,9-15H2,(H,22,29)(H,23,28). The van der Waals surface area contributed by atoms with Crippen LogP contribution in [0.25, 0.3) is 0 Å². The Morgan fingerprint density at radius 3 is 2.38 bits per heavy atom. The van der Waals surface area contributed by atoms with Gasteiger partial charge >= 0.3 is 0 Å². The van der Waals surface area contributed by atoms with Crippen LogP contribution >= 0.6 is 0 Å². The number of fused-ring (bicyclic) bond motifs is 1. The molecular formula is C21H29N5O5S. The molecule has 2 fully saturated rings. The highest BCUT2D eigenvalue weighted by Gasteiger charge is 2.34. The van der Waals surface area contributed by atoms with Crippen LogP contribution in [0.1, 0.15) is 42.5 Å². The number of piperidine rings is 1. The van der Waals surface area contributed by atoms with E-state index in [1.54, 1.807) is 29.2 Å². The van der Waals surface area contributed by atoms with Gasteiger partial charge in [-0.2, -0.15) is 17.0 Å². The molecule has 1 aromatic rings. The summed E-state index contributed by atoms with van der Waals surface area (Å²) in [6, 6.07) is 5.69. The predicted octanol–water partition coefficient (Wildman–Crippen LogP) is 0.392. The van der Waals surface area contributed by atoms with Gasteiger partial charge in [-0.15, -0.1) is 0 Å². The first-order chi connectivity index (χ1) is 15.4. The van der Waals surface area contributed by atoms with Crippen LogP contribution in [0.5, 0.6) is 0 Å². The number of hydrogen-bond donors (Lipinski definition) is 2. The number of hydrogen-bond acceptors (Lipinski definition) is 5. The number of amides is 3. The van der Waals surface area contributed by atoms with Gasteiger partial charge in [0.25, 0.3) is 16.1 Å². The molecule has 4 rings (SSSR count). The van der Waals surface area contributed by atoms with Crippen molar-refractivity contribution in [3.05, 3.63) is 29.8 Å². The van der Waals surface area contributed by atoms with E-state index in [1.807, 2.05) is 0 Å². The van der Waals surface area contributed by atoms with Gasteiger partial charge < -0.3 is 15.5 Å². The molecule has 0 aromatic heterocycles. The van der Waals surface area contributed by atoms with Crippen molar-refractivity contribution in [2.24, 2.45) is 0 Å². The van der Waals surface area contributed by atoms with E-state index in [2.05, 4.69) is 10.6 Å². The summed E-state index contributed by atoms with van der Waals surface area (Å²) < 4.78 is 28.9. The van der Waals surface area contributed by atoms with Crippen molar-refractivity contribution in [3.8, 4) is 0 Å². The van der Waals surface area contributed by atoms with E-state index in [0.717, 1.165) is 19.3 Å². The average molecular weight is 464 g/mol. The lowest BCUT2D eigenvalue weighted by Gasteiger charge is -2.31. The van der Waals surface area contributed by atoms with Crippen molar-refractivity contribution < 1.29 is 22.8 Å². The number of carbonyl (C=O) groups excluding carboxylic acids is 3. The van der Waals surface area contributed by atoms with Gasteiger partial charge in [-0.25, -0.2) is 0 Å². The van der Waals surface area contributed by atoms with Gasteiger partial charge in [0.2, 0.25) is 11.8 Å². The average Bonchev–Trinajstić information content (AvgIpc) is 3.11. The summed E-state index contributed by atoms with van der Waals surface area (Å²) in [7, 11) is -3.53. The second-order valence-electron chi connectivity index (χ2n) is 8.37. The molecule has 2 N–H and O–H groups in total. The highest BCUT2D eigenvalue weighted by Crippen LogP contribution is 2.21. The molecule has 3 aliphatic heterocycles. The van der Waals surface area contributed by atoms with Crippen molar-refractivity contribution in [3.63, 3.8) is 0 Å². The molecule has 0 aliphatic carbocycles. The lowest BCUT2D eigenvalue weighted by molar-refractivity contribution is -0.133. The predicted molar refractivity (Wildman–Crippen MR) is 118 cm³/mol. The maximum Gasteiger partial charge on any atom is 0.282 e. The van der Waals surface area contributed by atoms with Crippen molar-refractivity contribution in [2.45, 2.75) is 38.1 Å². The van der Waals surface area contributed by atoms with Gasteiger partial charge in [0, 0.05) is 39.3 Å². The van der Waals surface area contributed by atoms with Gasteiger partial charge in [0.15, 0.2) is 0 Å². The first-order valence-electron chi connectivity index (χ1n) is 11.1. The Morgan fingerprint density at radius 1 is 0.906 bits per heavy atom. The summed E-state index contributed by atoms with van der Waals surface area (Å²) in [5.41, 5.74) is 0.766. The summed E-state index contributed by atoms with van der Waals surface area (Å²) in [6.07, 6.45) is 3.13. The van der Waals surface area contributed by atoms with E-state index >= 15 is 0 Å². The zero-order valence-electron chi connectivity index (χ0n) is 18.0. The third-order valence-corrected chi connectivity index (χ3v) is 8.24. The van der Waals surface area contributed by atoms with Crippen LogP contribution in [0.4, 0.5) is 5.69 Å². The first-order valence-corrected chi connectivity index (χ1v) is 12.5. The third-order valence-electron chi connectivity index (χ3n) is 6.21. The molecular weight excluding hydrogens is 434 g/mol. The maximum absolute atomic E-state index is 13.0. The first kappa shape index (κ1) is 22.7. The quantitative estimate of drug-likeness (QED) is 0.670.